The van der Waals surface area contributed by atoms with Crippen molar-refractivity contribution < 1.29 is 22.7 Å². The maximum absolute atomic E-state index is 13.0. The van der Waals surface area contributed by atoms with E-state index in [2.05, 4.69) is 0 Å². The molecule has 0 spiro atoms. The van der Waals surface area contributed by atoms with Crippen molar-refractivity contribution in [3.63, 3.8) is 0 Å². The quantitative estimate of drug-likeness (QED) is 0.605. The fourth-order valence-corrected chi connectivity index (χ4v) is 5.68. The zero-order valence-corrected chi connectivity index (χ0v) is 20.0. The third-order valence-electron chi connectivity index (χ3n) is 5.87. The van der Waals surface area contributed by atoms with E-state index in [9.17, 15) is 13.2 Å². The molecule has 1 amide bonds. The minimum Gasteiger partial charge on any atom is -0.493 e. The molecule has 0 radical (unpaired) electrons. The van der Waals surface area contributed by atoms with Gasteiger partial charge >= 0.3 is 0 Å². The molecule has 2 aromatic rings. The van der Waals surface area contributed by atoms with Crippen LogP contribution in [0.3, 0.4) is 0 Å². The Labute approximate surface area is 191 Å². The molecular formula is C24H32N2O5S. The summed E-state index contributed by atoms with van der Waals surface area (Å²) in [4.78, 5) is 14.7. The van der Waals surface area contributed by atoms with E-state index in [1.165, 1.54) is 4.31 Å². The molecule has 32 heavy (non-hydrogen) atoms. The molecule has 7 nitrogen and oxygen atoms in total. The van der Waals surface area contributed by atoms with Crippen LogP contribution in [-0.2, 0) is 27.1 Å². The SMILES string of the molecule is COc1ccc(CN(C)C(=O)C2CCN(S(=O)(=O)Cc3cccc(C)c3)CC2)cc1OC. The van der Waals surface area contributed by atoms with Crippen LogP contribution >= 0.6 is 0 Å². The number of carbonyl (C=O) groups excluding carboxylic acids is 1. The summed E-state index contributed by atoms with van der Waals surface area (Å²) in [6, 6.07) is 13.2. The fraction of sp³-hybridized carbons (Fsp3) is 0.458. The average molecular weight is 461 g/mol. The molecule has 174 valence electrons. The zero-order chi connectivity index (χ0) is 23.3. The number of benzene rings is 2. The van der Waals surface area contributed by atoms with Crippen LogP contribution in [0.5, 0.6) is 11.5 Å². The monoisotopic (exact) mass is 460 g/mol. The first kappa shape index (κ1) is 24.1. The van der Waals surface area contributed by atoms with Crippen molar-refractivity contribution in [3.05, 3.63) is 59.2 Å². The molecule has 0 bridgehead atoms. The standard InChI is InChI=1S/C24H32N2O5S/c1-18-6-5-7-20(14-18)17-32(28,29)26-12-10-21(11-13-26)24(27)25(2)16-19-8-9-22(30-3)23(15-19)31-4/h5-9,14-15,21H,10-13,16-17H2,1-4H3. The van der Waals surface area contributed by atoms with Gasteiger partial charge in [-0.1, -0.05) is 35.9 Å². The number of piperidine rings is 1. The second-order valence-corrected chi connectivity index (χ2v) is 10.3. The minimum absolute atomic E-state index is 0.00744. The molecular weight excluding hydrogens is 428 g/mol. The molecule has 1 aliphatic rings. The van der Waals surface area contributed by atoms with Crippen molar-refractivity contribution in [3.8, 4) is 11.5 Å². The van der Waals surface area contributed by atoms with Crippen LogP contribution in [0, 0.1) is 12.8 Å². The van der Waals surface area contributed by atoms with Gasteiger partial charge in [0, 0.05) is 32.6 Å². The summed E-state index contributed by atoms with van der Waals surface area (Å²) in [5, 5.41) is 0. The van der Waals surface area contributed by atoms with E-state index in [1.807, 2.05) is 49.4 Å². The van der Waals surface area contributed by atoms with Gasteiger partial charge in [-0.15, -0.1) is 0 Å². The van der Waals surface area contributed by atoms with Crippen molar-refractivity contribution in [2.45, 2.75) is 32.1 Å². The molecule has 0 aromatic heterocycles. The first-order chi connectivity index (χ1) is 15.2. The van der Waals surface area contributed by atoms with E-state index in [0.717, 1.165) is 16.7 Å². The lowest BCUT2D eigenvalue weighted by molar-refractivity contribution is -0.135. The summed E-state index contributed by atoms with van der Waals surface area (Å²) < 4.78 is 37.8. The maximum Gasteiger partial charge on any atom is 0.225 e. The van der Waals surface area contributed by atoms with Gasteiger partial charge in [-0.25, -0.2) is 12.7 Å². The van der Waals surface area contributed by atoms with Crippen molar-refractivity contribution in [1.29, 1.82) is 0 Å². The number of carbonyl (C=O) groups is 1. The summed E-state index contributed by atoms with van der Waals surface area (Å²) in [5.41, 5.74) is 2.77. The Bertz CT molecular complexity index is 1050. The van der Waals surface area contributed by atoms with Crippen LogP contribution in [0.4, 0.5) is 0 Å². The number of nitrogens with zero attached hydrogens (tertiary/aromatic N) is 2. The summed E-state index contributed by atoms with van der Waals surface area (Å²) in [6.45, 7) is 3.14. The van der Waals surface area contributed by atoms with Gasteiger partial charge in [0.2, 0.25) is 15.9 Å². The van der Waals surface area contributed by atoms with Crippen molar-refractivity contribution in [2.75, 3.05) is 34.4 Å². The van der Waals surface area contributed by atoms with Crippen molar-refractivity contribution >= 4 is 15.9 Å². The number of ether oxygens (including phenoxy) is 2. The minimum atomic E-state index is -3.40. The number of methoxy groups -OCH3 is 2. The van der Waals surface area contributed by atoms with Gasteiger partial charge in [0.15, 0.2) is 11.5 Å². The van der Waals surface area contributed by atoms with Crippen LogP contribution < -0.4 is 9.47 Å². The number of hydrogen-bond acceptors (Lipinski definition) is 5. The number of amides is 1. The van der Waals surface area contributed by atoms with Crippen LogP contribution in [0.1, 0.15) is 29.5 Å². The Balaban J connectivity index is 1.56. The summed E-state index contributed by atoms with van der Waals surface area (Å²) in [7, 11) is 1.54. The van der Waals surface area contributed by atoms with Crippen LogP contribution in [0.2, 0.25) is 0 Å². The van der Waals surface area contributed by atoms with Crippen LogP contribution in [0.25, 0.3) is 0 Å². The van der Waals surface area contributed by atoms with E-state index >= 15 is 0 Å². The molecule has 1 saturated heterocycles. The van der Waals surface area contributed by atoms with Crippen LogP contribution in [0.15, 0.2) is 42.5 Å². The zero-order valence-electron chi connectivity index (χ0n) is 19.2. The Morgan fingerprint density at radius 1 is 1.03 bits per heavy atom. The average Bonchev–Trinajstić information content (AvgIpc) is 2.78. The summed E-state index contributed by atoms with van der Waals surface area (Å²) in [5.74, 6) is 1.12. The Kier molecular flexibility index (Phi) is 7.79. The van der Waals surface area contributed by atoms with Gasteiger partial charge < -0.3 is 14.4 Å². The molecule has 0 aliphatic carbocycles. The lowest BCUT2D eigenvalue weighted by atomic mass is 9.96. The lowest BCUT2D eigenvalue weighted by Gasteiger charge is -2.32. The normalized spacial score (nSPS) is 15.4. The van der Waals surface area contributed by atoms with E-state index in [0.29, 0.717) is 44.0 Å². The predicted molar refractivity (Wildman–Crippen MR) is 124 cm³/mol. The Hall–Kier alpha value is -2.58. The molecule has 3 rings (SSSR count). The van der Waals surface area contributed by atoms with E-state index in [1.54, 1.807) is 26.2 Å². The van der Waals surface area contributed by atoms with Crippen molar-refractivity contribution in [2.24, 2.45) is 5.92 Å². The van der Waals surface area contributed by atoms with Gasteiger partial charge in [0.1, 0.15) is 0 Å². The van der Waals surface area contributed by atoms with E-state index < -0.39 is 10.0 Å². The molecule has 0 atom stereocenters. The molecule has 1 fully saturated rings. The highest BCUT2D eigenvalue weighted by atomic mass is 32.2. The number of hydrogen-bond donors (Lipinski definition) is 0. The number of rotatable bonds is 8. The highest BCUT2D eigenvalue weighted by Crippen LogP contribution is 2.29. The highest BCUT2D eigenvalue weighted by Gasteiger charge is 2.32. The molecule has 1 heterocycles. The third kappa shape index (κ3) is 5.81. The predicted octanol–water partition coefficient (Wildman–Crippen LogP) is 3.21. The van der Waals surface area contributed by atoms with Gasteiger partial charge in [0.25, 0.3) is 0 Å². The molecule has 0 saturated carbocycles. The fourth-order valence-electron chi connectivity index (χ4n) is 4.13. The molecule has 2 aromatic carbocycles. The third-order valence-corrected chi connectivity index (χ3v) is 7.72. The smallest absolute Gasteiger partial charge is 0.225 e. The van der Waals surface area contributed by atoms with Crippen LogP contribution in [-0.4, -0.2) is 57.9 Å². The van der Waals surface area contributed by atoms with E-state index in [-0.39, 0.29) is 17.6 Å². The topological polar surface area (TPSA) is 76.2 Å². The second-order valence-electron chi connectivity index (χ2n) is 8.30. The molecule has 1 aliphatic heterocycles. The summed E-state index contributed by atoms with van der Waals surface area (Å²) in [6.07, 6.45) is 1.06. The first-order valence-electron chi connectivity index (χ1n) is 10.7. The number of aryl methyl sites for hydroxylation is 1. The highest BCUT2D eigenvalue weighted by molar-refractivity contribution is 7.88. The van der Waals surface area contributed by atoms with Gasteiger partial charge in [0.05, 0.1) is 20.0 Å². The maximum atomic E-state index is 13.0. The second kappa shape index (κ2) is 10.4. The van der Waals surface area contributed by atoms with Gasteiger partial charge in [-0.3, -0.25) is 4.79 Å². The largest absolute Gasteiger partial charge is 0.493 e. The number of sulfonamides is 1. The molecule has 0 unspecified atom stereocenters. The van der Waals surface area contributed by atoms with E-state index in [4.69, 9.17) is 9.47 Å². The van der Waals surface area contributed by atoms with Gasteiger partial charge in [-0.05, 0) is 43.0 Å². The summed E-state index contributed by atoms with van der Waals surface area (Å²) >= 11 is 0. The Morgan fingerprint density at radius 3 is 2.34 bits per heavy atom. The van der Waals surface area contributed by atoms with Gasteiger partial charge in [-0.2, -0.15) is 0 Å². The molecule has 0 N–H and O–H groups in total. The van der Waals surface area contributed by atoms with Crippen molar-refractivity contribution in [1.82, 2.24) is 9.21 Å². The first-order valence-corrected chi connectivity index (χ1v) is 12.3. The molecule has 8 heteroatoms. The Morgan fingerprint density at radius 2 is 1.72 bits per heavy atom. The lowest BCUT2D eigenvalue weighted by Crippen LogP contribution is -2.43.